The smallest absolute Gasteiger partial charge is 0.464 e. The summed E-state index contributed by atoms with van der Waals surface area (Å²) in [6.07, 6.45) is 2.65. The molecule has 0 saturated carbocycles. The fourth-order valence-electron chi connectivity index (χ4n) is 3.84. The van der Waals surface area contributed by atoms with Gasteiger partial charge >= 0.3 is 20.7 Å². The summed E-state index contributed by atoms with van der Waals surface area (Å²) in [5, 5.41) is 13.3. The van der Waals surface area contributed by atoms with Gasteiger partial charge in [-0.15, -0.1) is 0 Å². The zero-order chi connectivity index (χ0) is 27.0. The molecular weight excluding hydrogens is 474 g/mol. The van der Waals surface area contributed by atoms with Crippen molar-refractivity contribution in [1.82, 2.24) is 5.32 Å². The zero-order valence-corrected chi connectivity index (χ0v) is 24.1. The van der Waals surface area contributed by atoms with Gasteiger partial charge in [0.25, 0.3) is 0 Å². The van der Waals surface area contributed by atoms with Crippen LogP contribution in [0.25, 0.3) is 0 Å². The van der Waals surface area contributed by atoms with Crippen LogP contribution in [0.15, 0.2) is 0 Å². The van der Waals surface area contributed by atoms with Gasteiger partial charge in [-0.05, 0) is 46.5 Å². The summed E-state index contributed by atoms with van der Waals surface area (Å²) in [6.45, 7) is 8.79. The molecule has 0 rings (SSSR count). The number of aliphatic hydroxyl groups excluding tert-OH is 1. The number of hydrogen-bond acceptors (Lipinski definition) is 10. The van der Waals surface area contributed by atoms with E-state index in [4.69, 9.17) is 27.5 Å². The number of hydrogen-bond donors (Lipinski definition) is 2. The van der Waals surface area contributed by atoms with Crippen LogP contribution in [0.5, 0.6) is 0 Å². The molecule has 0 aliphatic rings. The SMILES string of the molecule is CCC(C)(CC(C)(C)C(=O)OCCNCC(O)CCCC[Si](OC)(OC)OC)C(=O)OCCOC. The summed E-state index contributed by atoms with van der Waals surface area (Å²) in [5.74, 6) is -0.709. The van der Waals surface area contributed by atoms with Crippen molar-refractivity contribution in [2.75, 3.05) is 61.3 Å². The topological polar surface area (TPSA) is 122 Å². The molecule has 2 N–H and O–H groups in total. The number of carbonyl (C=O) groups is 2. The molecule has 0 amide bonds. The number of esters is 2. The van der Waals surface area contributed by atoms with Crippen molar-refractivity contribution in [3.8, 4) is 0 Å². The molecule has 11 heteroatoms. The normalized spacial score (nSPS) is 14.9. The first kappa shape index (κ1) is 33.9. The lowest BCUT2D eigenvalue weighted by atomic mass is 9.72. The lowest BCUT2D eigenvalue weighted by Crippen LogP contribution is -2.42. The summed E-state index contributed by atoms with van der Waals surface area (Å²) in [5.41, 5.74) is -1.65. The molecule has 0 aliphatic heterocycles. The Hall–Kier alpha value is -1.08. The molecule has 2 atom stereocenters. The molecule has 2 unspecified atom stereocenters. The highest BCUT2D eigenvalue weighted by Crippen LogP contribution is 2.38. The molecule has 0 aliphatic carbocycles. The van der Waals surface area contributed by atoms with Crippen molar-refractivity contribution in [3.63, 3.8) is 0 Å². The van der Waals surface area contributed by atoms with Crippen molar-refractivity contribution < 1.29 is 42.2 Å². The Morgan fingerprint density at radius 2 is 1.51 bits per heavy atom. The minimum atomic E-state index is -2.56. The van der Waals surface area contributed by atoms with Crippen molar-refractivity contribution in [2.45, 2.75) is 71.9 Å². The highest BCUT2D eigenvalue weighted by Gasteiger charge is 2.43. The quantitative estimate of drug-likeness (QED) is 0.132. The number of unbranched alkanes of at least 4 members (excludes halogenated alkanes) is 1. The summed E-state index contributed by atoms with van der Waals surface area (Å²) >= 11 is 0. The number of rotatable bonds is 21. The van der Waals surface area contributed by atoms with E-state index < -0.39 is 25.7 Å². The Bertz CT molecular complexity index is 593. The standard InChI is InChI=1S/C24H49NO9Si/c1-9-24(4,22(28)34-16-15-29-5)19-23(2,3)21(27)33-14-13-25-18-20(26)12-10-11-17-35(30-6,31-7)32-8/h20,25-26H,9-19H2,1-8H3. The fourth-order valence-corrected chi connectivity index (χ4v) is 5.64. The highest BCUT2D eigenvalue weighted by atomic mass is 28.4. The van der Waals surface area contributed by atoms with Crippen LogP contribution in [0, 0.1) is 10.8 Å². The number of nitrogens with one attached hydrogen (secondary N) is 1. The molecule has 0 radical (unpaired) electrons. The second-order valence-corrected chi connectivity index (χ2v) is 12.7. The predicted octanol–water partition coefficient (Wildman–Crippen LogP) is 2.55. The summed E-state index contributed by atoms with van der Waals surface area (Å²) in [7, 11) is 3.75. The van der Waals surface area contributed by atoms with Crippen LogP contribution in [0.4, 0.5) is 0 Å². The second-order valence-electron chi connectivity index (χ2n) is 9.64. The van der Waals surface area contributed by atoms with E-state index in [2.05, 4.69) is 5.32 Å². The molecule has 0 aromatic heterocycles. The van der Waals surface area contributed by atoms with Gasteiger partial charge in [-0.2, -0.15) is 0 Å². The molecule has 35 heavy (non-hydrogen) atoms. The maximum atomic E-state index is 12.7. The summed E-state index contributed by atoms with van der Waals surface area (Å²) < 4.78 is 31.8. The molecule has 0 spiro atoms. The first-order chi connectivity index (χ1) is 16.5. The minimum absolute atomic E-state index is 0.180. The largest absolute Gasteiger partial charge is 0.500 e. The van der Waals surface area contributed by atoms with Crippen LogP contribution < -0.4 is 5.32 Å². The van der Waals surface area contributed by atoms with Crippen LogP contribution in [0.3, 0.4) is 0 Å². The van der Waals surface area contributed by atoms with E-state index in [1.165, 1.54) is 0 Å². The van der Waals surface area contributed by atoms with Gasteiger partial charge in [-0.1, -0.05) is 13.3 Å². The molecule has 0 saturated heterocycles. The third-order valence-corrected chi connectivity index (χ3v) is 9.11. The van der Waals surface area contributed by atoms with Crippen molar-refractivity contribution >= 4 is 20.7 Å². The summed E-state index contributed by atoms with van der Waals surface area (Å²) in [6, 6.07) is 0.699. The number of carbonyl (C=O) groups excluding carboxylic acids is 2. The molecule has 10 nitrogen and oxygen atoms in total. The number of ether oxygens (including phenoxy) is 3. The monoisotopic (exact) mass is 523 g/mol. The maximum Gasteiger partial charge on any atom is 0.500 e. The molecular formula is C24H49NO9Si. The molecule has 0 aromatic rings. The van der Waals surface area contributed by atoms with Crippen molar-refractivity contribution in [1.29, 1.82) is 0 Å². The average molecular weight is 524 g/mol. The fraction of sp³-hybridized carbons (Fsp3) is 0.917. The van der Waals surface area contributed by atoms with Gasteiger partial charge in [-0.3, -0.25) is 9.59 Å². The van der Waals surface area contributed by atoms with Crippen LogP contribution in [-0.4, -0.2) is 93.3 Å². The van der Waals surface area contributed by atoms with Gasteiger partial charge in [0.1, 0.15) is 13.2 Å². The van der Waals surface area contributed by atoms with E-state index in [0.717, 1.165) is 12.8 Å². The highest BCUT2D eigenvalue weighted by molar-refractivity contribution is 6.60. The van der Waals surface area contributed by atoms with E-state index in [1.54, 1.807) is 42.3 Å². The Balaban J connectivity index is 4.30. The maximum absolute atomic E-state index is 12.7. The van der Waals surface area contributed by atoms with Gasteiger partial charge in [-0.25, -0.2) is 0 Å². The Morgan fingerprint density at radius 3 is 2.06 bits per heavy atom. The third-order valence-electron chi connectivity index (χ3n) is 6.27. The zero-order valence-electron chi connectivity index (χ0n) is 23.1. The van der Waals surface area contributed by atoms with Gasteiger partial charge in [0.05, 0.1) is 23.5 Å². The molecule has 0 heterocycles. The van der Waals surface area contributed by atoms with Gasteiger partial charge in [0.2, 0.25) is 0 Å². The summed E-state index contributed by atoms with van der Waals surface area (Å²) in [4.78, 5) is 25.2. The van der Waals surface area contributed by atoms with Gasteiger partial charge in [0.15, 0.2) is 0 Å². The molecule has 0 fully saturated rings. The average Bonchev–Trinajstić information content (AvgIpc) is 2.83. The van der Waals surface area contributed by atoms with Crippen LogP contribution in [-0.2, 0) is 37.1 Å². The predicted molar refractivity (Wildman–Crippen MR) is 135 cm³/mol. The first-order valence-electron chi connectivity index (χ1n) is 12.3. The van der Waals surface area contributed by atoms with E-state index in [9.17, 15) is 14.7 Å². The van der Waals surface area contributed by atoms with E-state index in [1.807, 2.05) is 13.8 Å². The van der Waals surface area contributed by atoms with E-state index >= 15 is 0 Å². The first-order valence-corrected chi connectivity index (χ1v) is 14.3. The lowest BCUT2D eigenvalue weighted by molar-refractivity contribution is -0.163. The number of aliphatic hydroxyl groups is 1. The van der Waals surface area contributed by atoms with Crippen LogP contribution in [0.2, 0.25) is 6.04 Å². The minimum Gasteiger partial charge on any atom is -0.464 e. The van der Waals surface area contributed by atoms with Crippen LogP contribution in [0.1, 0.15) is 59.8 Å². The Labute approximate surface area is 212 Å². The molecule has 0 aromatic carbocycles. The van der Waals surface area contributed by atoms with Gasteiger partial charge in [0, 0.05) is 47.6 Å². The van der Waals surface area contributed by atoms with E-state index in [0.29, 0.717) is 45.0 Å². The van der Waals surface area contributed by atoms with Crippen LogP contribution >= 0.6 is 0 Å². The molecule has 0 bridgehead atoms. The molecule has 208 valence electrons. The van der Waals surface area contributed by atoms with Crippen molar-refractivity contribution in [2.24, 2.45) is 10.8 Å². The Morgan fingerprint density at radius 1 is 0.914 bits per heavy atom. The lowest BCUT2D eigenvalue weighted by Gasteiger charge is -2.33. The van der Waals surface area contributed by atoms with E-state index in [-0.39, 0.29) is 25.2 Å². The third kappa shape index (κ3) is 12.6. The second kappa shape index (κ2) is 17.4. The van der Waals surface area contributed by atoms with Gasteiger partial charge < -0.3 is 37.9 Å². The number of methoxy groups -OCH3 is 1. The van der Waals surface area contributed by atoms with Crippen molar-refractivity contribution in [3.05, 3.63) is 0 Å². The Kier molecular flexibility index (Phi) is 16.8.